The van der Waals surface area contributed by atoms with Crippen LogP contribution in [0.1, 0.15) is 5.56 Å². The van der Waals surface area contributed by atoms with Crippen molar-refractivity contribution in [2.75, 3.05) is 0 Å². The third-order valence-electron chi connectivity index (χ3n) is 2.38. The van der Waals surface area contributed by atoms with E-state index in [0.717, 1.165) is 11.1 Å². The largest absolute Gasteiger partial charge is 0.270 e. The molecule has 0 aliphatic rings. The minimum Gasteiger partial charge on any atom is -0.258 e. The highest BCUT2D eigenvalue weighted by molar-refractivity contribution is 5.67. The normalized spacial score (nSPS) is 9.59. The highest BCUT2D eigenvalue weighted by Crippen LogP contribution is 2.24. The molecule has 4 heteroatoms. The molecule has 0 fully saturated rings. The Morgan fingerprint density at radius 1 is 1.06 bits per heavy atom. The fourth-order valence-electron chi connectivity index (χ4n) is 1.57. The van der Waals surface area contributed by atoms with Crippen molar-refractivity contribution >= 4 is 5.69 Å². The lowest BCUT2D eigenvalue weighted by atomic mass is 10.0. The van der Waals surface area contributed by atoms with Crippen molar-refractivity contribution in [3.63, 3.8) is 0 Å². The summed E-state index contributed by atoms with van der Waals surface area (Å²) >= 11 is 0. The summed E-state index contributed by atoms with van der Waals surface area (Å²) in [5, 5.41) is 19.5. The average Bonchev–Trinajstić information content (AvgIpc) is 2.39. The predicted octanol–water partition coefficient (Wildman–Crippen LogP) is 3.13. The number of hydrogen-bond acceptors (Lipinski definition) is 3. The Morgan fingerprint density at radius 3 is 2.35 bits per heavy atom. The zero-order chi connectivity index (χ0) is 12.3. The molecule has 0 N–H and O–H groups in total. The minimum atomic E-state index is -0.433. The van der Waals surface area contributed by atoms with Gasteiger partial charge in [0.15, 0.2) is 0 Å². The van der Waals surface area contributed by atoms with Gasteiger partial charge in [0.25, 0.3) is 5.69 Å². The van der Waals surface area contributed by atoms with Crippen LogP contribution in [-0.2, 0) is 0 Å². The summed E-state index contributed by atoms with van der Waals surface area (Å²) in [6.07, 6.45) is 0. The molecule has 0 aliphatic carbocycles. The fourth-order valence-corrected chi connectivity index (χ4v) is 1.57. The first-order valence-electron chi connectivity index (χ1n) is 4.96. The van der Waals surface area contributed by atoms with Gasteiger partial charge < -0.3 is 0 Å². The summed E-state index contributed by atoms with van der Waals surface area (Å²) in [5.74, 6) is 0. The fraction of sp³-hybridized carbons (Fsp3) is 0. The molecule has 0 heterocycles. The number of nitro groups is 1. The van der Waals surface area contributed by atoms with Gasteiger partial charge in [0.1, 0.15) is 0 Å². The second-order valence-electron chi connectivity index (χ2n) is 3.50. The molecule has 0 bridgehead atoms. The van der Waals surface area contributed by atoms with Crippen molar-refractivity contribution in [3.05, 3.63) is 64.2 Å². The van der Waals surface area contributed by atoms with Crippen LogP contribution in [0.25, 0.3) is 11.1 Å². The Kier molecular flexibility index (Phi) is 2.84. The minimum absolute atomic E-state index is 0.0462. The Balaban J connectivity index is 2.49. The van der Waals surface area contributed by atoms with Gasteiger partial charge in [0.2, 0.25) is 0 Å². The average molecular weight is 224 g/mol. The molecule has 17 heavy (non-hydrogen) atoms. The summed E-state index contributed by atoms with van der Waals surface area (Å²) in [5.41, 5.74) is 2.11. The van der Waals surface area contributed by atoms with Crippen LogP contribution in [-0.4, -0.2) is 4.92 Å². The lowest BCUT2D eigenvalue weighted by molar-refractivity contribution is -0.384. The summed E-state index contributed by atoms with van der Waals surface area (Å²) in [4.78, 5) is 10.2. The van der Waals surface area contributed by atoms with E-state index in [2.05, 4.69) is 0 Å². The molecule has 2 rings (SSSR count). The van der Waals surface area contributed by atoms with Crippen molar-refractivity contribution in [2.45, 2.75) is 0 Å². The smallest absolute Gasteiger partial charge is 0.258 e. The molecule has 0 amide bonds. The van der Waals surface area contributed by atoms with E-state index < -0.39 is 4.92 Å². The SMILES string of the molecule is N#Cc1cccc(-c2cccc([N+](=O)[O-])c2)c1. The molecule has 4 nitrogen and oxygen atoms in total. The van der Waals surface area contributed by atoms with Gasteiger partial charge in [-0.2, -0.15) is 5.26 Å². The number of non-ortho nitro benzene ring substituents is 1. The summed E-state index contributed by atoms with van der Waals surface area (Å²) in [6.45, 7) is 0. The van der Waals surface area contributed by atoms with Gasteiger partial charge in [0, 0.05) is 12.1 Å². The molecular weight excluding hydrogens is 216 g/mol. The van der Waals surface area contributed by atoms with Crippen LogP contribution in [0.5, 0.6) is 0 Å². The molecule has 0 saturated carbocycles. The number of benzene rings is 2. The third-order valence-corrected chi connectivity index (χ3v) is 2.38. The van der Waals surface area contributed by atoms with Gasteiger partial charge in [-0.1, -0.05) is 24.3 Å². The van der Waals surface area contributed by atoms with Crippen molar-refractivity contribution in [1.29, 1.82) is 5.26 Å². The maximum Gasteiger partial charge on any atom is 0.270 e. The van der Waals surface area contributed by atoms with Crippen LogP contribution in [0.3, 0.4) is 0 Å². The first-order chi connectivity index (χ1) is 8.20. The maximum atomic E-state index is 10.7. The molecule has 0 unspecified atom stereocenters. The van der Waals surface area contributed by atoms with E-state index in [1.165, 1.54) is 12.1 Å². The summed E-state index contributed by atoms with van der Waals surface area (Å²) in [7, 11) is 0. The second kappa shape index (κ2) is 4.45. The molecular formula is C13H8N2O2. The van der Waals surface area contributed by atoms with Gasteiger partial charge >= 0.3 is 0 Å². The lowest BCUT2D eigenvalue weighted by Crippen LogP contribution is -1.88. The Hall–Kier alpha value is -2.67. The number of nitriles is 1. The lowest BCUT2D eigenvalue weighted by Gasteiger charge is -2.01. The molecule has 2 aromatic rings. The molecule has 0 atom stereocenters. The first-order valence-corrected chi connectivity index (χ1v) is 4.96. The standard InChI is InChI=1S/C13H8N2O2/c14-9-10-3-1-4-11(7-10)12-5-2-6-13(8-12)15(16)17/h1-8H. The molecule has 0 radical (unpaired) electrons. The number of nitro benzene ring substituents is 1. The van der Waals surface area contributed by atoms with Crippen LogP contribution in [0, 0.1) is 21.4 Å². The van der Waals surface area contributed by atoms with Crippen molar-refractivity contribution in [1.82, 2.24) is 0 Å². The van der Waals surface area contributed by atoms with E-state index in [-0.39, 0.29) is 5.69 Å². The Morgan fingerprint density at radius 2 is 1.71 bits per heavy atom. The highest BCUT2D eigenvalue weighted by Gasteiger charge is 2.07. The van der Waals surface area contributed by atoms with E-state index in [1.54, 1.807) is 30.3 Å². The van der Waals surface area contributed by atoms with Gasteiger partial charge in [-0.25, -0.2) is 0 Å². The van der Waals surface area contributed by atoms with Gasteiger partial charge in [0.05, 0.1) is 16.6 Å². The number of nitrogens with zero attached hydrogens (tertiary/aromatic N) is 2. The van der Waals surface area contributed by atoms with Gasteiger partial charge in [-0.05, 0) is 23.3 Å². The van der Waals surface area contributed by atoms with E-state index >= 15 is 0 Å². The summed E-state index contributed by atoms with van der Waals surface area (Å²) < 4.78 is 0. The molecule has 0 aromatic heterocycles. The monoisotopic (exact) mass is 224 g/mol. The van der Waals surface area contributed by atoms with Crippen LogP contribution in [0.15, 0.2) is 48.5 Å². The van der Waals surface area contributed by atoms with E-state index in [0.29, 0.717) is 5.56 Å². The maximum absolute atomic E-state index is 10.7. The number of rotatable bonds is 2. The van der Waals surface area contributed by atoms with E-state index in [9.17, 15) is 10.1 Å². The molecule has 0 aliphatic heterocycles. The highest BCUT2D eigenvalue weighted by atomic mass is 16.6. The first kappa shape index (κ1) is 10.8. The quantitative estimate of drug-likeness (QED) is 0.581. The molecule has 82 valence electrons. The number of hydrogen-bond donors (Lipinski definition) is 0. The topological polar surface area (TPSA) is 66.9 Å². The molecule has 2 aromatic carbocycles. The van der Waals surface area contributed by atoms with Crippen molar-refractivity contribution in [3.8, 4) is 17.2 Å². The van der Waals surface area contributed by atoms with E-state index in [1.807, 2.05) is 12.1 Å². The Labute approximate surface area is 97.9 Å². The van der Waals surface area contributed by atoms with Gasteiger partial charge in [-0.3, -0.25) is 10.1 Å². The van der Waals surface area contributed by atoms with Gasteiger partial charge in [-0.15, -0.1) is 0 Å². The van der Waals surface area contributed by atoms with Crippen LogP contribution in [0.4, 0.5) is 5.69 Å². The Bertz CT molecular complexity index is 615. The molecule has 0 saturated heterocycles. The third kappa shape index (κ3) is 2.29. The van der Waals surface area contributed by atoms with E-state index in [4.69, 9.17) is 5.26 Å². The van der Waals surface area contributed by atoms with Crippen LogP contribution in [0.2, 0.25) is 0 Å². The van der Waals surface area contributed by atoms with Crippen LogP contribution >= 0.6 is 0 Å². The molecule has 0 spiro atoms. The second-order valence-corrected chi connectivity index (χ2v) is 3.50. The zero-order valence-corrected chi connectivity index (χ0v) is 8.83. The zero-order valence-electron chi connectivity index (χ0n) is 8.83. The van der Waals surface area contributed by atoms with Crippen molar-refractivity contribution < 1.29 is 4.92 Å². The van der Waals surface area contributed by atoms with Crippen LogP contribution < -0.4 is 0 Å². The predicted molar refractivity (Wildman–Crippen MR) is 63.2 cm³/mol. The summed E-state index contributed by atoms with van der Waals surface area (Å²) in [6, 6.07) is 15.4. The van der Waals surface area contributed by atoms with Crippen molar-refractivity contribution in [2.24, 2.45) is 0 Å².